The van der Waals surface area contributed by atoms with Crippen molar-refractivity contribution in [3.05, 3.63) is 35.5 Å². The summed E-state index contributed by atoms with van der Waals surface area (Å²) in [6.45, 7) is 1.74. The van der Waals surface area contributed by atoms with Crippen molar-refractivity contribution in [2.24, 2.45) is 11.3 Å². The summed E-state index contributed by atoms with van der Waals surface area (Å²) < 4.78 is 2.10. The summed E-state index contributed by atoms with van der Waals surface area (Å²) in [5.74, 6) is -2.66. The van der Waals surface area contributed by atoms with E-state index in [1.807, 2.05) is 18.2 Å². The van der Waals surface area contributed by atoms with Gasteiger partial charge in [-0.2, -0.15) is 0 Å². The first-order valence-corrected chi connectivity index (χ1v) is 15.2. The number of carbonyl (C=O) groups is 5. The number of amides is 4. The lowest BCUT2D eigenvalue weighted by Gasteiger charge is -2.39. The number of para-hydroxylation sites is 1. The van der Waals surface area contributed by atoms with Crippen molar-refractivity contribution in [2.75, 3.05) is 13.1 Å². The zero-order valence-electron chi connectivity index (χ0n) is 23.2. The Balaban J connectivity index is 1.15. The smallest absolute Gasteiger partial charge is 0.289 e. The molecule has 3 N–H and O–H groups in total. The summed E-state index contributed by atoms with van der Waals surface area (Å²) >= 11 is 0. The number of piperidine rings is 1. The molecule has 2 saturated carbocycles. The number of aryl methyl sites for hydroxylation is 2. The Labute approximate surface area is 238 Å². The van der Waals surface area contributed by atoms with E-state index in [-0.39, 0.29) is 29.7 Å². The van der Waals surface area contributed by atoms with Gasteiger partial charge in [0.25, 0.3) is 11.8 Å². The van der Waals surface area contributed by atoms with Crippen LogP contribution in [0.5, 0.6) is 0 Å². The molecule has 1 unspecified atom stereocenters. The van der Waals surface area contributed by atoms with Gasteiger partial charge in [0.15, 0.2) is 0 Å². The van der Waals surface area contributed by atoms with Crippen molar-refractivity contribution in [2.45, 2.75) is 88.9 Å². The third-order valence-electron chi connectivity index (χ3n) is 9.91. The van der Waals surface area contributed by atoms with Crippen molar-refractivity contribution in [3.8, 4) is 0 Å². The number of rotatable bonds is 8. The SMILES string of the molecule is O=C(NC1CC1)C(=O)C(C[C@@H]1CCNC1=O)NC(=O)[C@@H]1CC2(CCN1C(=O)c1cc3cccc4c3n1CCC4)CC2. The monoisotopic (exact) mass is 559 g/mol. The maximum Gasteiger partial charge on any atom is 0.289 e. The van der Waals surface area contributed by atoms with E-state index in [2.05, 4.69) is 26.6 Å². The molecule has 4 fully saturated rings. The fourth-order valence-corrected chi connectivity index (χ4v) is 7.13. The fourth-order valence-electron chi connectivity index (χ4n) is 7.13. The minimum Gasteiger partial charge on any atom is -0.356 e. The van der Waals surface area contributed by atoms with Gasteiger partial charge in [0, 0.05) is 37.0 Å². The van der Waals surface area contributed by atoms with Gasteiger partial charge in [-0.25, -0.2) is 0 Å². The first-order valence-electron chi connectivity index (χ1n) is 15.2. The van der Waals surface area contributed by atoms with Crippen LogP contribution in [0.2, 0.25) is 0 Å². The molecule has 4 heterocycles. The summed E-state index contributed by atoms with van der Waals surface area (Å²) in [7, 11) is 0. The largest absolute Gasteiger partial charge is 0.356 e. The fraction of sp³-hybridized carbons (Fsp3) is 0.581. The molecular weight excluding hydrogens is 522 g/mol. The van der Waals surface area contributed by atoms with Gasteiger partial charge in [0.1, 0.15) is 11.7 Å². The van der Waals surface area contributed by atoms with Crippen LogP contribution in [0.3, 0.4) is 0 Å². The van der Waals surface area contributed by atoms with Gasteiger partial charge in [-0.1, -0.05) is 18.2 Å². The third kappa shape index (κ3) is 4.91. The Kier molecular flexibility index (Phi) is 6.39. The second-order valence-corrected chi connectivity index (χ2v) is 12.8. The molecule has 2 saturated heterocycles. The van der Waals surface area contributed by atoms with Crippen LogP contribution in [0.25, 0.3) is 10.9 Å². The van der Waals surface area contributed by atoms with E-state index in [0.717, 1.165) is 62.4 Å². The lowest BCUT2D eigenvalue weighted by Crippen LogP contribution is -2.58. The molecule has 41 heavy (non-hydrogen) atoms. The summed E-state index contributed by atoms with van der Waals surface area (Å²) in [6.07, 6.45) is 7.65. The van der Waals surface area contributed by atoms with Crippen LogP contribution in [0.4, 0.5) is 0 Å². The topological polar surface area (TPSA) is 130 Å². The van der Waals surface area contributed by atoms with Crippen LogP contribution in [-0.4, -0.2) is 70.1 Å². The number of hydrogen-bond acceptors (Lipinski definition) is 5. The van der Waals surface area contributed by atoms with Crippen molar-refractivity contribution in [1.82, 2.24) is 25.4 Å². The normalized spacial score (nSPS) is 25.1. The van der Waals surface area contributed by atoms with E-state index in [1.165, 1.54) is 5.56 Å². The molecule has 1 aromatic heterocycles. The summed E-state index contributed by atoms with van der Waals surface area (Å²) in [5, 5.41) is 9.38. The molecule has 10 nitrogen and oxygen atoms in total. The van der Waals surface area contributed by atoms with Gasteiger partial charge in [-0.15, -0.1) is 0 Å². The van der Waals surface area contributed by atoms with Crippen LogP contribution >= 0.6 is 0 Å². The van der Waals surface area contributed by atoms with Crippen molar-refractivity contribution in [3.63, 3.8) is 0 Å². The molecule has 216 valence electrons. The number of Topliss-reactive ketones (excluding diaryl/α,β-unsaturated/α-hetero) is 1. The number of benzene rings is 1. The van der Waals surface area contributed by atoms with E-state index in [0.29, 0.717) is 31.6 Å². The quantitative estimate of drug-likeness (QED) is 0.425. The third-order valence-corrected chi connectivity index (χ3v) is 9.91. The minimum atomic E-state index is -1.12. The number of likely N-dealkylation sites (tertiary alicyclic amines) is 1. The van der Waals surface area contributed by atoms with E-state index in [9.17, 15) is 24.0 Å². The van der Waals surface area contributed by atoms with Crippen molar-refractivity contribution < 1.29 is 24.0 Å². The van der Waals surface area contributed by atoms with E-state index in [1.54, 1.807) is 4.90 Å². The molecule has 4 amide bonds. The second kappa shape index (κ2) is 9.99. The minimum absolute atomic E-state index is 0.00197. The van der Waals surface area contributed by atoms with Crippen LogP contribution in [0, 0.1) is 11.3 Å². The van der Waals surface area contributed by atoms with Gasteiger partial charge in [0.2, 0.25) is 17.6 Å². The molecule has 0 radical (unpaired) electrons. The highest BCUT2D eigenvalue weighted by molar-refractivity contribution is 6.38. The van der Waals surface area contributed by atoms with E-state index in [4.69, 9.17) is 0 Å². The Bertz CT molecular complexity index is 1450. The predicted octanol–water partition coefficient (Wildman–Crippen LogP) is 1.83. The molecule has 2 aliphatic carbocycles. The molecule has 5 aliphatic rings. The highest BCUT2D eigenvalue weighted by atomic mass is 16.2. The number of aromatic nitrogens is 1. The van der Waals surface area contributed by atoms with Crippen LogP contribution in [0.1, 0.15) is 73.8 Å². The predicted molar refractivity (Wildman–Crippen MR) is 150 cm³/mol. The first-order chi connectivity index (χ1) is 19.8. The zero-order chi connectivity index (χ0) is 28.3. The van der Waals surface area contributed by atoms with Crippen molar-refractivity contribution >= 4 is 40.3 Å². The molecule has 7 rings (SSSR count). The van der Waals surface area contributed by atoms with Gasteiger partial charge in [0.05, 0.1) is 11.6 Å². The lowest BCUT2D eigenvalue weighted by atomic mass is 9.86. The van der Waals surface area contributed by atoms with Gasteiger partial charge in [-0.05, 0) is 81.3 Å². The summed E-state index contributed by atoms with van der Waals surface area (Å²) in [6, 6.07) is 6.24. The number of ketones is 1. The average Bonchev–Trinajstić information content (AvgIpc) is 3.87. The lowest BCUT2D eigenvalue weighted by molar-refractivity contribution is -0.141. The van der Waals surface area contributed by atoms with E-state index >= 15 is 0 Å². The zero-order valence-corrected chi connectivity index (χ0v) is 23.2. The Morgan fingerprint density at radius 1 is 1.07 bits per heavy atom. The van der Waals surface area contributed by atoms with Gasteiger partial charge < -0.3 is 25.4 Å². The Hall–Kier alpha value is -3.69. The highest BCUT2D eigenvalue weighted by Crippen LogP contribution is 2.55. The Morgan fingerprint density at radius 3 is 2.63 bits per heavy atom. The van der Waals surface area contributed by atoms with Gasteiger partial charge >= 0.3 is 0 Å². The van der Waals surface area contributed by atoms with Crippen molar-refractivity contribution in [1.29, 1.82) is 0 Å². The molecule has 10 heteroatoms. The number of carbonyl (C=O) groups excluding carboxylic acids is 5. The second-order valence-electron chi connectivity index (χ2n) is 12.8. The number of hydrogen-bond donors (Lipinski definition) is 3. The molecule has 3 aliphatic heterocycles. The molecule has 3 atom stereocenters. The van der Waals surface area contributed by atoms with Gasteiger partial charge in [-0.3, -0.25) is 24.0 Å². The Morgan fingerprint density at radius 2 is 1.90 bits per heavy atom. The van der Waals surface area contributed by atoms with Crippen LogP contribution < -0.4 is 16.0 Å². The molecule has 1 spiro atoms. The van der Waals surface area contributed by atoms with Crippen LogP contribution in [0.15, 0.2) is 24.3 Å². The number of nitrogens with zero attached hydrogens (tertiary/aromatic N) is 2. The first kappa shape index (κ1) is 26.2. The summed E-state index contributed by atoms with van der Waals surface area (Å²) in [5.41, 5.74) is 2.98. The summed E-state index contributed by atoms with van der Waals surface area (Å²) in [4.78, 5) is 68.2. The maximum absolute atomic E-state index is 14.1. The number of nitrogens with one attached hydrogen (secondary N) is 3. The molecule has 2 aromatic rings. The standard InChI is InChI=1S/C31H37N5O5/c37-26(29(40)33-21-6-7-21)22(15-20-8-12-32-27(20)38)34-28(39)24-17-31(9-10-31)11-14-36(24)30(41)23-16-19-4-1-3-18-5-2-13-35(23)25(18)19/h1,3-4,16,20-22,24H,2,5-15,17H2,(H,32,38)(H,33,40)(H,34,39)/t20-,22?,24-/m0/s1. The van der Waals surface area contributed by atoms with E-state index < -0.39 is 35.6 Å². The molecular formula is C31H37N5O5. The highest BCUT2D eigenvalue weighted by Gasteiger charge is 2.52. The molecule has 0 bridgehead atoms. The van der Waals surface area contributed by atoms with Crippen LogP contribution in [-0.2, 0) is 32.1 Å². The maximum atomic E-state index is 14.1. The average molecular weight is 560 g/mol. The molecule has 1 aromatic carbocycles.